The maximum atomic E-state index is 11.9. The third-order valence-corrected chi connectivity index (χ3v) is 3.39. The third-order valence-electron chi connectivity index (χ3n) is 3.39. The summed E-state index contributed by atoms with van der Waals surface area (Å²) in [5.74, 6) is -0.513. The highest BCUT2D eigenvalue weighted by Crippen LogP contribution is 2.15. The second-order valence-corrected chi connectivity index (χ2v) is 5.13. The molecule has 0 aliphatic heterocycles. The zero-order valence-electron chi connectivity index (χ0n) is 13.1. The van der Waals surface area contributed by atoms with Gasteiger partial charge in [-0.15, -0.1) is 5.10 Å². The molecule has 1 heterocycles. The SMILES string of the molecule is C=CC(=O)N(C)CC(=O)NC(C)c1ccc(-n2ccnn2)cc1. The van der Waals surface area contributed by atoms with Crippen LogP contribution in [0.2, 0.25) is 0 Å². The lowest BCUT2D eigenvalue weighted by atomic mass is 10.1. The van der Waals surface area contributed by atoms with E-state index in [1.54, 1.807) is 24.1 Å². The Balaban J connectivity index is 1.95. The van der Waals surface area contributed by atoms with Gasteiger partial charge < -0.3 is 10.2 Å². The fourth-order valence-electron chi connectivity index (χ4n) is 2.08. The number of rotatable bonds is 6. The standard InChI is InChI=1S/C16H19N5O2/c1-4-16(23)20(3)11-15(22)18-12(2)13-5-7-14(8-6-13)21-10-9-17-19-21/h4-10,12H,1,11H2,2-3H3,(H,18,22). The molecule has 120 valence electrons. The third kappa shape index (κ3) is 4.26. The van der Waals surface area contributed by atoms with Gasteiger partial charge in [0.1, 0.15) is 0 Å². The van der Waals surface area contributed by atoms with Gasteiger partial charge in [-0.1, -0.05) is 23.9 Å². The van der Waals surface area contributed by atoms with Crippen LogP contribution < -0.4 is 5.32 Å². The van der Waals surface area contributed by atoms with Gasteiger partial charge in [0, 0.05) is 7.05 Å². The smallest absolute Gasteiger partial charge is 0.246 e. The minimum atomic E-state index is -0.287. The first-order valence-electron chi connectivity index (χ1n) is 7.15. The summed E-state index contributed by atoms with van der Waals surface area (Å²) in [5.41, 5.74) is 1.85. The molecule has 0 spiro atoms. The van der Waals surface area contributed by atoms with Gasteiger partial charge in [0.25, 0.3) is 0 Å². The van der Waals surface area contributed by atoms with Gasteiger partial charge >= 0.3 is 0 Å². The number of aromatic nitrogens is 3. The van der Waals surface area contributed by atoms with Crippen LogP contribution in [-0.4, -0.2) is 45.3 Å². The monoisotopic (exact) mass is 313 g/mol. The van der Waals surface area contributed by atoms with Crippen LogP contribution in [-0.2, 0) is 9.59 Å². The molecule has 2 amide bonds. The van der Waals surface area contributed by atoms with Crippen LogP contribution >= 0.6 is 0 Å². The molecule has 0 aliphatic rings. The van der Waals surface area contributed by atoms with Gasteiger partial charge in [-0.3, -0.25) is 9.59 Å². The lowest BCUT2D eigenvalue weighted by Crippen LogP contribution is -2.38. The fourth-order valence-corrected chi connectivity index (χ4v) is 2.08. The summed E-state index contributed by atoms with van der Waals surface area (Å²) in [6, 6.07) is 7.47. The zero-order valence-corrected chi connectivity index (χ0v) is 13.1. The van der Waals surface area contributed by atoms with E-state index in [2.05, 4.69) is 22.2 Å². The van der Waals surface area contributed by atoms with E-state index in [0.29, 0.717) is 0 Å². The predicted molar refractivity (Wildman–Crippen MR) is 85.8 cm³/mol. The minimum absolute atomic E-state index is 0.00770. The Morgan fingerprint density at radius 3 is 2.65 bits per heavy atom. The Hall–Kier alpha value is -2.96. The molecule has 1 aromatic carbocycles. The van der Waals surface area contributed by atoms with Gasteiger partial charge in [-0.05, 0) is 30.7 Å². The highest BCUT2D eigenvalue weighted by Gasteiger charge is 2.13. The lowest BCUT2D eigenvalue weighted by molar-refractivity contribution is -0.131. The van der Waals surface area contributed by atoms with E-state index in [1.165, 1.54) is 11.0 Å². The van der Waals surface area contributed by atoms with Gasteiger partial charge in [0.15, 0.2) is 0 Å². The highest BCUT2D eigenvalue weighted by molar-refractivity contribution is 5.90. The van der Waals surface area contributed by atoms with E-state index in [9.17, 15) is 9.59 Å². The Morgan fingerprint density at radius 2 is 2.09 bits per heavy atom. The second-order valence-electron chi connectivity index (χ2n) is 5.13. The molecular weight excluding hydrogens is 294 g/mol. The van der Waals surface area contributed by atoms with Gasteiger partial charge in [0.2, 0.25) is 11.8 Å². The molecule has 1 aromatic heterocycles. The number of benzene rings is 1. The van der Waals surface area contributed by atoms with Crippen LogP contribution in [0.1, 0.15) is 18.5 Å². The van der Waals surface area contributed by atoms with Crippen molar-refractivity contribution in [3.63, 3.8) is 0 Å². The van der Waals surface area contributed by atoms with Crippen molar-refractivity contribution in [2.45, 2.75) is 13.0 Å². The maximum absolute atomic E-state index is 11.9. The second kappa shape index (κ2) is 7.35. The van der Waals surface area contributed by atoms with Crippen molar-refractivity contribution in [3.05, 3.63) is 54.9 Å². The number of hydrogen-bond donors (Lipinski definition) is 1. The summed E-state index contributed by atoms with van der Waals surface area (Å²) in [6.07, 6.45) is 4.55. The van der Waals surface area contributed by atoms with Crippen LogP contribution in [0.5, 0.6) is 0 Å². The van der Waals surface area contributed by atoms with E-state index < -0.39 is 0 Å². The topological polar surface area (TPSA) is 80.1 Å². The molecule has 1 atom stereocenters. The summed E-state index contributed by atoms with van der Waals surface area (Å²) >= 11 is 0. The van der Waals surface area contributed by atoms with Crippen molar-refractivity contribution in [1.82, 2.24) is 25.2 Å². The summed E-state index contributed by atoms with van der Waals surface area (Å²) in [6.45, 7) is 5.27. The number of carbonyl (C=O) groups excluding carboxylic acids is 2. The highest BCUT2D eigenvalue weighted by atomic mass is 16.2. The molecule has 1 N–H and O–H groups in total. The number of carbonyl (C=O) groups is 2. The summed E-state index contributed by atoms with van der Waals surface area (Å²) < 4.78 is 1.66. The van der Waals surface area contributed by atoms with E-state index in [-0.39, 0.29) is 24.4 Å². The molecule has 2 rings (SSSR count). The average Bonchev–Trinajstić information content (AvgIpc) is 3.08. The van der Waals surface area contributed by atoms with Crippen LogP contribution in [0.3, 0.4) is 0 Å². The molecule has 1 unspecified atom stereocenters. The predicted octanol–water partition coefficient (Wildman–Crippen LogP) is 1.09. The summed E-state index contributed by atoms with van der Waals surface area (Å²) in [5, 5.41) is 10.5. The van der Waals surface area contributed by atoms with Crippen LogP contribution in [0.4, 0.5) is 0 Å². The van der Waals surface area contributed by atoms with Gasteiger partial charge in [-0.2, -0.15) is 0 Å². The lowest BCUT2D eigenvalue weighted by Gasteiger charge is -2.18. The van der Waals surface area contributed by atoms with E-state index >= 15 is 0 Å². The molecule has 0 bridgehead atoms. The maximum Gasteiger partial charge on any atom is 0.246 e. The number of hydrogen-bond acceptors (Lipinski definition) is 4. The molecule has 0 saturated heterocycles. The first kappa shape index (κ1) is 16.4. The fraction of sp³-hybridized carbons (Fsp3) is 0.250. The molecule has 0 aliphatic carbocycles. The Bertz CT molecular complexity index is 679. The average molecular weight is 313 g/mol. The van der Waals surface area contributed by atoms with E-state index in [1.807, 2.05) is 31.2 Å². The Labute approximate surface area is 134 Å². The van der Waals surface area contributed by atoms with Crippen LogP contribution in [0, 0.1) is 0 Å². The van der Waals surface area contributed by atoms with E-state index in [4.69, 9.17) is 0 Å². The summed E-state index contributed by atoms with van der Waals surface area (Å²) in [7, 11) is 1.56. The zero-order chi connectivity index (χ0) is 16.8. The Morgan fingerprint density at radius 1 is 1.39 bits per heavy atom. The molecule has 0 saturated carbocycles. The molecule has 23 heavy (non-hydrogen) atoms. The van der Waals surface area contributed by atoms with Gasteiger partial charge in [0.05, 0.1) is 30.7 Å². The normalized spacial score (nSPS) is 11.6. The van der Waals surface area contributed by atoms with Crippen LogP contribution in [0.15, 0.2) is 49.3 Å². The first-order chi connectivity index (χ1) is 11.0. The number of likely N-dealkylation sites (N-methyl/N-ethyl adjacent to an activating group) is 1. The van der Waals surface area contributed by atoms with Crippen molar-refractivity contribution >= 4 is 11.8 Å². The quantitative estimate of drug-likeness (QED) is 0.810. The van der Waals surface area contributed by atoms with Crippen molar-refractivity contribution in [2.24, 2.45) is 0 Å². The van der Waals surface area contributed by atoms with Gasteiger partial charge in [-0.25, -0.2) is 4.68 Å². The molecule has 0 radical (unpaired) electrons. The van der Waals surface area contributed by atoms with Crippen molar-refractivity contribution in [2.75, 3.05) is 13.6 Å². The molecule has 0 fully saturated rings. The molecule has 7 heteroatoms. The van der Waals surface area contributed by atoms with Crippen LogP contribution in [0.25, 0.3) is 5.69 Å². The van der Waals surface area contributed by atoms with Crippen molar-refractivity contribution in [3.8, 4) is 5.69 Å². The Kier molecular flexibility index (Phi) is 5.24. The minimum Gasteiger partial charge on any atom is -0.348 e. The largest absolute Gasteiger partial charge is 0.348 e. The molecular formula is C16H19N5O2. The molecule has 7 nitrogen and oxygen atoms in total. The van der Waals surface area contributed by atoms with Crippen molar-refractivity contribution < 1.29 is 9.59 Å². The van der Waals surface area contributed by atoms with E-state index in [0.717, 1.165) is 11.3 Å². The number of nitrogens with zero attached hydrogens (tertiary/aromatic N) is 4. The molecule has 2 aromatic rings. The summed E-state index contributed by atoms with van der Waals surface area (Å²) in [4.78, 5) is 24.6. The van der Waals surface area contributed by atoms with Crippen molar-refractivity contribution in [1.29, 1.82) is 0 Å². The number of nitrogens with one attached hydrogen (secondary N) is 1. The first-order valence-corrected chi connectivity index (χ1v) is 7.15. The number of amides is 2.